The van der Waals surface area contributed by atoms with Gasteiger partial charge in [0, 0.05) is 61.9 Å². The summed E-state index contributed by atoms with van der Waals surface area (Å²) in [6.45, 7) is 6.15. The third-order valence-electron chi connectivity index (χ3n) is 5.40. The number of nitrogens with zero attached hydrogens (tertiary/aromatic N) is 6. The minimum absolute atomic E-state index is 0.00746. The van der Waals surface area contributed by atoms with Crippen LogP contribution in [0.2, 0.25) is 0 Å². The van der Waals surface area contributed by atoms with Crippen LogP contribution in [0.25, 0.3) is 0 Å². The van der Waals surface area contributed by atoms with Crippen LogP contribution in [0.3, 0.4) is 0 Å². The van der Waals surface area contributed by atoms with E-state index in [1.54, 1.807) is 24.7 Å². The second-order valence-electron chi connectivity index (χ2n) is 7.70. The molecule has 154 valence electrons. The van der Waals surface area contributed by atoms with Crippen LogP contribution in [0.1, 0.15) is 40.2 Å². The molecule has 0 atom stereocenters. The molecule has 0 bridgehead atoms. The first-order valence-corrected chi connectivity index (χ1v) is 10.3. The van der Waals surface area contributed by atoms with Gasteiger partial charge in [-0.1, -0.05) is 6.07 Å². The summed E-state index contributed by atoms with van der Waals surface area (Å²) in [5.41, 5.74) is 3.59. The van der Waals surface area contributed by atoms with Crippen molar-refractivity contribution in [2.24, 2.45) is 0 Å². The predicted octanol–water partition coefficient (Wildman–Crippen LogP) is 3.19. The highest BCUT2D eigenvalue weighted by molar-refractivity contribution is 5.94. The Labute approximate surface area is 176 Å². The molecular weight excluding hydrogens is 376 g/mol. The van der Waals surface area contributed by atoms with Gasteiger partial charge in [-0.25, -0.2) is 9.97 Å². The number of carbonyl (C=O) groups excluding carboxylic acids is 1. The number of amides is 1. The predicted molar refractivity (Wildman–Crippen MR) is 115 cm³/mol. The molecule has 0 aromatic carbocycles. The molecule has 7 nitrogen and oxygen atoms in total. The molecule has 1 aliphatic rings. The maximum absolute atomic E-state index is 13.3. The quantitative estimate of drug-likeness (QED) is 0.652. The summed E-state index contributed by atoms with van der Waals surface area (Å²) in [5, 5.41) is 0. The van der Waals surface area contributed by atoms with Crippen molar-refractivity contribution in [1.29, 1.82) is 0 Å². The average Bonchev–Trinajstić information content (AvgIpc) is 2.78. The molecular formula is C23H26N6O. The number of rotatable bonds is 5. The fraction of sp³-hybridized carbons (Fsp3) is 0.348. The van der Waals surface area contributed by atoms with E-state index < -0.39 is 0 Å². The minimum Gasteiger partial charge on any atom is -0.341 e. The van der Waals surface area contributed by atoms with E-state index >= 15 is 0 Å². The van der Waals surface area contributed by atoms with Crippen molar-refractivity contribution in [3.63, 3.8) is 0 Å². The zero-order valence-electron chi connectivity index (χ0n) is 17.4. The number of hydrogen-bond donors (Lipinski definition) is 0. The lowest BCUT2D eigenvalue weighted by atomic mass is 10.0. The van der Waals surface area contributed by atoms with E-state index in [0.29, 0.717) is 12.1 Å². The Hall–Kier alpha value is -3.35. The second-order valence-corrected chi connectivity index (χ2v) is 7.70. The molecule has 0 aliphatic carbocycles. The maximum Gasteiger partial charge on any atom is 0.255 e. The number of pyridine rings is 2. The van der Waals surface area contributed by atoms with E-state index in [-0.39, 0.29) is 11.9 Å². The molecule has 7 heteroatoms. The van der Waals surface area contributed by atoms with Crippen molar-refractivity contribution in [2.75, 3.05) is 18.0 Å². The van der Waals surface area contributed by atoms with Gasteiger partial charge in [0.25, 0.3) is 5.91 Å². The zero-order valence-corrected chi connectivity index (χ0v) is 17.4. The van der Waals surface area contributed by atoms with Crippen LogP contribution in [0.4, 0.5) is 5.95 Å². The van der Waals surface area contributed by atoms with Gasteiger partial charge in [0.15, 0.2) is 0 Å². The Kier molecular flexibility index (Phi) is 5.97. The molecule has 0 spiro atoms. The third-order valence-corrected chi connectivity index (χ3v) is 5.40. The SMILES string of the molecule is Cc1cc(C)nc(N2CCC(N(Cc3cccnc3)C(=O)c3cccnc3)CC2)n1. The molecule has 3 aromatic heterocycles. The number of hydrogen-bond acceptors (Lipinski definition) is 6. The Morgan fingerprint density at radius 3 is 2.30 bits per heavy atom. The number of aromatic nitrogens is 4. The van der Waals surface area contributed by atoms with Gasteiger partial charge >= 0.3 is 0 Å². The van der Waals surface area contributed by atoms with E-state index in [9.17, 15) is 4.79 Å². The normalized spacial score (nSPS) is 14.5. The standard InChI is InChI=1S/C23H26N6O/c1-17-13-18(2)27-23(26-17)28-11-7-21(8-12-28)29(16-19-5-3-9-24-14-19)22(30)20-6-4-10-25-15-20/h3-6,9-10,13-15,21H,7-8,11-12,16H2,1-2H3. The first-order valence-electron chi connectivity index (χ1n) is 10.3. The van der Waals surface area contributed by atoms with Crippen molar-refractivity contribution >= 4 is 11.9 Å². The van der Waals surface area contributed by atoms with Gasteiger partial charge in [0.2, 0.25) is 5.95 Å². The van der Waals surface area contributed by atoms with Crippen LogP contribution in [0.15, 0.2) is 55.1 Å². The topological polar surface area (TPSA) is 75.1 Å². The number of carbonyl (C=O) groups is 1. The van der Waals surface area contributed by atoms with Crippen LogP contribution in [-0.4, -0.2) is 49.9 Å². The second kappa shape index (κ2) is 8.98. The lowest BCUT2D eigenvalue weighted by Gasteiger charge is -2.38. The molecule has 0 unspecified atom stereocenters. The highest BCUT2D eigenvalue weighted by Gasteiger charge is 2.29. The van der Waals surface area contributed by atoms with Crippen LogP contribution < -0.4 is 4.90 Å². The summed E-state index contributed by atoms with van der Waals surface area (Å²) in [6, 6.07) is 9.66. The summed E-state index contributed by atoms with van der Waals surface area (Å²) in [4.78, 5) is 35.0. The van der Waals surface area contributed by atoms with Gasteiger partial charge in [-0.05, 0) is 56.5 Å². The lowest BCUT2D eigenvalue weighted by Crippen LogP contribution is -2.47. The van der Waals surface area contributed by atoms with Crippen molar-refractivity contribution < 1.29 is 4.79 Å². The van der Waals surface area contributed by atoms with Gasteiger partial charge in [0.05, 0.1) is 5.56 Å². The molecule has 1 saturated heterocycles. The van der Waals surface area contributed by atoms with Gasteiger partial charge in [-0.15, -0.1) is 0 Å². The average molecular weight is 403 g/mol. The summed E-state index contributed by atoms with van der Waals surface area (Å²) >= 11 is 0. The largest absolute Gasteiger partial charge is 0.341 e. The summed E-state index contributed by atoms with van der Waals surface area (Å²) < 4.78 is 0. The van der Waals surface area contributed by atoms with Gasteiger partial charge in [-0.3, -0.25) is 14.8 Å². The van der Waals surface area contributed by atoms with Crippen LogP contribution in [0, 0.1) is 13.8 Å². The van der Waals surface area contributed by atoms with Gasteiger partial charge in [-0.2, -0.15) is 0 Å². The molecule has 4 heterocycles. The molecule has 0 N–H and O–H groups in total. The molecule has 30 heavy (non-hydrogen) atoms. The fourth-order valence-electron chi connectivity index (χ4n) is 3.94. The van der Waals surface area contributed by atoms with E-state index in [1.807, 2.05) is 49.2 Å². The van der Waals surface area contributed by atoms with E-state index in [0.717, 1.165) is 48.8 Å². The molecule has 0 saturated carbocycles. The van der Waals surface area contributed by atoms with Crippen LogP contribution in [-0.2, 0) is 6.54 Å². The Morgan fingerprint density at radius 1 is 1.03 bits per heavy atom. The highest BCUT2D eigenvalue weighted by Crippen LogP contribution is 2.23. The highest BCUT2D eigenvalue weighted by atomic mass is 16.2. The minimum atomic E-state index is 0.00746. The van der Waals surface area contributed by atoms with E-state index in [2.05, 4.69) is 24.8 Å². The van der Waals surface area contributed by atoms with Crippen molar-refractivity contribution in [3.05, 3.63) is 77.6 Å². The molecule has 3 aromatic rings. The van der Waals surface area contributed by atoms with Crippen molar-refractivity contribution in [2.45, 2.75) is 39.3 Å². The fourth-order valence-corrected chi connectivity index (χ4v) is 3.94. The van der Waals surface area contributed by atoms with Crippen LogP contribution >= 0.6 is 0 Å². The summed E-state index contributed by atoms with van der Waals surface area (Å²) in [7, 11) is 0. The number of aryl methyl sites for hydroxylation is 2. The maximum atomic E-state index is 13.3. The Bertz CT molecular complexity index is 967. The van der Waals surface area contributed by atoms with Crippen LogP contribution in [0.5, 0.6) is 0 Å². The van der Waals surface area contributed by atoms with E-state index in [4.69, 9.17) is 0 Å². The molecule has 1 amide bonds. The van der Waals surface area contributed by atoms with Gasteiger partial charge < -0.3 is 9.80 Å². The summed E-state index contributed by atoms with van der Waals surface area (Å²) in [5.74, 6) is 0.788. The van der Waals surface area contributed by atoms with Gasteiger partial charge in [0.1, 0.15) is 0 Å². The first kappa shape index (κ1) is 19.9. The first-order chi connectivity index (χ1) is 14.6. The lowest BCUT2D eigenvalue weighted by molar-refractivity contribution is 0.0630. The molecule has 4 rings (SSSR count). The summed E-state index contributed by atoms with van der Waals surface area (Å²) in [6.07, 6.45) is 8.62. The Morgan fingerprint density at radius 2 is 1.70 bits per heavy atom. The monoisotopic (exact) mass is 402 g/mol. The van der Waals surface area contributed by atoms with Crippen molar-refractivity contribution in [1.82, 2.24) is 24.8 Å². The molecule has 1 fully saturated rings. The smallest absolute Gasteiger partial charge is 0.255 e. The number of anilines is 1. The Balaban J connectivity index is 1.52. The third kappa shape index (κ3) is 4.62. The molecule has 0 radical (unpaired) electrons. The van der Waals surface area contributed by atoms with Crippen molar-refractivity contribution in [3.8, 4) is 0 Å². The molecule has 1 aliphatic heterocycles. The number of piperidine rings is 1. The van der Waals surface area contributed by atoms with E-state index in [1.165, 1.54) is 0 Å². The zero-order chi connectivity index (χ0) is 20.9.